The molecule has 0 aliphatic heterocycles. The Labute approximate surface area is 71.1 Å². The van der Waals surface area contributed by atoms with Crippen LogP contribution in [0.2, 0.25) is 0 Å². The molecule has 0 aliphatic carbocycles. The first kappa shape index (κ1) is 10.0. The maximum Gasteiger partial charge on any atom is 0.183 e. The van der Waals surface area contributed by atoms with Crippen molar-refractivity contribution in [1.82, 2.24) is 0 Å². The summed E-state index contributed by atoms with van der Waals surface area (Å²) in [7, 11) is -2.47. The molecule has 0 aromatic heterocycles. The monoisotopic (exact) mass is 210 g/mol. The van der Waals surface area contributed by atoms with Crippen LogP contribution in [0.25, 0.3) is 0 Å². The molecule has 0 N–H and O–H groups in total. The van der Waals surface area contributed by atoms with Crippen molar-refractivity contribution in [1.29, 1.82) is 0 Å². The fraction of sp³-hybridized carbons (Fsp3) is 1.00. The Morgan fingerprint density at radius 2 is 1.78 bits per heavy atom. The summed E-state index contributed by atoms with van der Waals surface area (Å²) in [6.07, 6.45) is 3.02. The van der Waals surface area contributed by atoms with Gasteiger partial charge in [-0.2, -0.15) is 0 Å². The maximum atomic E-state index is 11.1. The Hall–Kier alpha value is 1.02. The van der Waals surface area contributed by atoms with Gasteiger partial charge in [0.2, 0.25) is 0 Å². The highest BCUT2D eigenvalue weighted by Crippen LogP contribution is 2.31. The largest absolute Gasteiger partial charge is 0.282 e. The molecule has 0 radical (unpaired) electrons. The highest BCUT2D eigenvalue weighted by Gasteiger charge is 2.32. The first-order valence-corrected chi connectivity index (χ1v) is 6.19. The van der Waals surface area contributed by atoms with Crippen molar-refractivity contribution in [2.45, 2.75) is 3.67 Å². The fourth-order valence-electron chi connectivity index (χ4n) is 0.144. The van der Waals surface area contributed by atoms with Gasteiger partial charge >= 0.3 is 0 Å². The Morgan fingerprint density at radius 3 is 1.78 bits per heavy atom. The summed E-state index contributed by atoms with van der Waals surface area (Å²) in [5.74, 6) is 0.000386. The van der Waals surface area contributed by atoms with Gasteiger partial charge in [-0.05, 0) is 12.5 Å². The van der Waals surface area contributed by atoms with E-state index in [0.29, 0.717) is 0 Å². The number of hydrogen-bond acceptors (Lipinski definition) is 1. The smallest absolute Gasteiger partial charge is 0.183 e. The molecule has 0 amide bonds. The molecule has 0 rings (SSSR count). The van der Waals surface area contributed by atoms with Crippen LogP contribution in [-0.4, -0.2) is 26.3 Å². The molecular formula is C4H9Cl3OS. The number of halogens is 3. The average Bonchev–Trinajstić information content (AvgIpc) is 1.64. The first-order valence-electron chi connectivity index (χ1n) is 2.30. The van der Waals surface area contributed by atoms with E-state index >= 15 is 0 Å². The van der Waals surface area contributed by atoms with E-state index in [1.54, 1.807) is 0 Å². The van der Waals surface area contributed by atoms with Crippen LogP contribution in [-0.2, 0) is 9.93 Å². The summed E-state index contributed by atoms with van der Waals surface area (Å²) in [6.45, 7) is 0. The van der Waals surface area contributed by atoms with Crippen molar-refractivity contribution in [2.75, 3.05) is 18.4 Å². The zero-order valence-corrected chi connectivity index (χ0v) is 8.36. The third-order valence-corrected chi connectivity index (χ3v) is 6.25. The average molecular weight is 212 g/mol. The molecule has 9 heavy (non-hydrogen) atoms. The molecule has 5 heteroatoms. The molecule has 0 aromatic carbocycles. The van der Waals surface area contributed by atoms with Gasteiger partial charge in [0, 0.05) is 0 Å². The van der Waals surface area contributed by atoms with E-state index in [-0.39, 0.29) is 5.88 Å². The third kappa shape index (κ3) is 2.62. The minimum atomic E-state index is -2.47. The second-order valence-electron chi connectivity index (χ2n) is 2.15. The van der Waals surface area contributed by atoms with E-state index in [1.165, 1.54) is 12.5 Å². The van der Waals surface area contributed by atoms with Gasteiger partial charge in [-0.15, -0.1) is 11.6 Å². The molecule has 0 saturated heterocycles. The Bertz CT molecular complexity index is 139. The molecular weight excluding hydrogens is 202 g/mol. The topological polar surface area (TPSA) is 17.1 Å². The molecule has 1 nitrogen and oxygen atoms in total. The van der Waals surface area contributed by atoms with Crippen LogP contribution in [0.15, 0.2) is 0 Å². The van der Waals surface area contributed by atoms with Crippen molar-refractivity contribution in [3.8, 4) is 0 Å². The van der Waals surface area contributed by atoms with E-state index in [0.717, 1.165) is 0 Å². The lowest BCUT2D eigenvalue weighted by Gasteiger charge is -2.25. The van der Waals surface area contributed by atoms with Crippen molar-refractivity contribution in [3.63, 3.8) is 0 Å². The van der Waals surface area contributed by atoms with E-state index in [1.807, 2.05) is 0 Å². The lowest BCUT2D eigenvalue weighted by Crippen LogP contribution is -2.32. The maximum absolute atomic E-state index is 11.1. The van der Waals surface area contributed by atoms with Crippen LogP contribution in [0.3, 0.4) is 0 Å². The van der Waals surface area contributed by atoms with Crippen molar-refractivity contribution >= 4 is 44.7 Å². The zero-order valence-electron chi connectivity index (χ0n) is 5.20. The van der Waals surface area contributed by atoms with Gasteiger partial charge in [0.15, 0.2) is 3.67 Å². The van der Waals surface area contributed by atoms with Crippen LogP contribution in [0.1, 0.15) is 0 Å². The zero-order chi connectivity index (χ0) is 7.71. The highest BCUT2D eigenvalue weighted by atomic mass is 35.5. The molecule has 0 aromatic rings. The Morgan fingerprint density at radius 1 is 1.44 bits per heavy atom. The lowest BCUT2D eigenvalue weighted by atomic mass is 10.9. The van der Waals surface area contributed by atoms with Gasteiger partial charge in [0.05, 0.1) is 5.88 Å². The molecule has 0 fully saturated rings. The summed E-state index contributed by atoms with van der Waals surface area (Å²) in [5.41, 5.74) is 0. The molecule has 0 bridgehead atoms. The van der Waals surface area contributed by atoms with Crippen LogP contribution in [0, 0.1) is 0 Å². The third-order valence-electron chi connectivity index (χ3n) is 0.949. The lowest BCUT2D eigenvalue weighted by molar-refractivity contribution is 0.675. The van der Waals surface area contributed by atoms with Crippen molar-refractivity contribution in [3.05, 3.63) is 0 Å². The van der Waals surface area contributed by atoms with Gasteiger partial charge in [-0.1, -0.05) is 33.1 Å². The standard InChI is InChI=1S/C4H9Cl3OS/c1-9(2,8)4(6,7)3-5/h9H,3H2,1-2H3. The second-order valence-corrected chi connectivity index (χ2v) is 7.89. The van der Waals surface area contributed by atoms with E-state index < -0.39 is 13.6 Å². The van der Waals surface area contributed by atoms with Gasteiger partial charge in [0.1, 0.15) is 0 Å². The summed E-state index contributed by atoms with van der Waals surface area (Å²) >= 11 is 16.5. The number of thiol groups is 1. The minimum Gasteiger partial charge on any atom is -0.282 e. The van der Waals surface area contributed by atoms with Gasteiger partial charge in [-0.25, -0.2) is 0 Å². The van der Waals surface area contributed by atoms with Gasteiger partial charge in [0.25, 0.3) is 0 Å². The highest BCUT2D eigenvalue weighted by molar-refractivity contribution is 8.05. The Kier molecular flexibility index (Phi) is 3.29. The molecule has 0 unspecified atom stereocenters. The van der Waals surface area contributed by atoms with Crippen LogP contribution in [0.4, 0.5) is 0 Å². The molecule has 58 valence electrons. The molecule has 0 spiro atoms. The molecule has 0 atom stereocenters. The summed E-state index contributed by atoms with van der Waals surface area (Å²) in [4.78, 5) is 0. The predicted octanol–water partition coefficient (Wildman–Crippen LogP) is 1.63. The van der Waals surface area contributed by atoms with Crippen LogP contribution in [0.5, 0.6) is 0 Å². The number of hydrogen-bond donors (Lipinski definition) is 1. The van der Waals surface area contributed by atoms with Crippen molar-refractivity contribution in [2.24, 2.45) is 0 Å². The molecule has 0 aliphatic rings. The molecule has 0 heterocycles. The molecule has 0 saturated carbocycles. The summed E-state index contributed by atoms with van der Waals surface area (Å²) < 4.78 is 9.86. The Balaban J connectivity index is 4.34. The van der Waals surface area contributed by atoms with Gasteiger partial charge in [-0.3, -0.25) is 4.21 Å². The first-order chi connectivity index (χ1) is 3.81. The normalized spacial score (nSPS) is 15.7. The quantitative estimate of drug-likeness (QED) is 0.543. The predicted molar refractivity (Wildman–Crippen MR) is 46.5 cm³/mol. The fourth-order valence-corrected chi connectivity index (χ4v) is 1.30. The van der Waals surface area contributed by atoms with Gasteiger partial charge < -0.3 is 0 Å². The van der Waals surface area contributed by atoms with E-state index in [2.05, 4.69) is 0 Å². The second kappa shape index (κ2) is 2.95. The van der Waals surface area contributed by atoms with Crippen molar-refractivity contribution < 1.29 is 4.21 Å². The van der Waals surface area contributed by atoms with E-state index in [9.17, 15) is 4.21 Å². The summed E-state index contributed by atoms with van der Waals surface area (Å²) in [6, 6.07) is 0. The number of rotatable bonds is 2. The SMILES string of the molecule is C[SH](C)(=O)C(Cl)(Cl)CCl. The summed E-state index contributed by atoms with van der Waals surface area (Å²) in [5, 5.41) is 0. The number of alkyl halides is 3. The van der Waals surface area contributed by atoms with Crippen LogP contribution < -0.4 is 0 Å². The van der Waals surface area contributed by atoms with E-state index in [4.69, 9.17) is 34.8 Å². The minimum absolute atomic E-state index is 0.000386. The van der Waals surface area contributed by atoms with Crippen LogP contribution >= 0.6 is 34.8 Å².